The van der Waals surface area contributed by atoms with Gasteiger partial charge in [-0.25, -0.2) is 4.79 Å². The molecule has 2 unspecified atom stereocenters. The standard InChI is InChI=1S/C21H24BrN3O4/c1-28-18(26)17-3-2-16(29-17)11-25-10-15(9-23-25)24-19(27)20-5-13-4-14(6-20)8-21(22,7-13)12-20/h2-3,9-10,13-14H,4-8,11-12H2,1H3,(H,24,27)/t13-,14+,20?,21?. The summed E-state index contributed by atoms with van der Waals surface area (Å²) in [5.41, 5.74) is 0.431. The lowest BCUT2D eigenvalue weighted by Crippen LogP contribution is -2.57. The zero-order valence-electron chi connectivity index (χ0n) is 16.3. The number of nitrogens with one attached hydrogen (secondary N) is 1. The second-order valence-electron chi connectivity index (χ2n) is 9.03. The normalized spacial score (nSPS) is 32.3. The molecule has 29 heavy (non-hydrogen) atoms. The molecule has 0 aromatic carbocycles. The fraction of sp³-hybridized carbons (Fsp3) is 0.571. The third-order valence-electron chi connectivity index (χ3n) is 6.73. The first-order valence-electron chi connectivity index (χ1n) is 10.1. The quantitative estimate of drug-likeness (QED) is 0.537. The molecule has 0 radical (unpaired) electrons. The Morgan fingerprint density at radius 1 is 1.31 bits per heavy atom. The van der Waals surface area contributed by atoms with Crippen LogP contribution >= 0.6 is 15.9 Å². The Morgan fingerprint density at radius 3 is 2.76 bits per heavy atom. The van der Waals surface area contributed by atoms with Crippen molar-refractivity contribution in [3.63, 3.8) is 0 Å². The summed E-state index contributed by atoms with van der Waals surface area (Å²) in [7, 11) is 1.31. The SMILES string of the molecule is COC(=O)c1ccc(Cn2cc(NC(=O)C34C[C@@H]5C[C@@H](CC(Br)(C5)C3)C4)cn2)o1. The van der Waals surface area contributed by atoms with Crippen LogP contribution < -0.4 is 5.32 Å². The van der Waals surface area contributed by atoms with E-state index in [1.807, 2.05) is 0 Å². The van der Waals surface area contributed by atoms with Gasteiger partial charge in [-0.05, 0) is 62.5 Å². The molecule has 2 heterocycles. The molecule has 8 heteroatoms. The number of halogens is 1. The number of ether oxygens (including phenoxy) is 1. The number of anilines is 1. The van der Waals surface area contributed by atoms with Crippen molar-refractivity contribution in [3.8, 4) is 0 Å². The molecule has 154 valence electrons. The number of carbonyl (C=O) groups excluding carboxylic acids is 2. The van der Waals surface area contributed by atoms with Gasteiger partial charge >= 0.3 is 5.97 Å². The summed E-state index contributed by atoms with van der Waals surface area (Å²) in [4.78, 5) is 24.7. The first-order chi connectivity index (χ1) is 13.9. The molecule has 0 saturated heterocycles. The van der Waals surface area contributed by atoms with Gasteiger partial charge in [0, 0.05) is 10.5 Å². The molecule has 4 fully saturated rings. The second kappa shape index (κ2) is 6.72. The fourth-order valence-corrected chi connectivity index (χ4v) is 7.48. The van der Waals surface area contributed by atoms with E-state index in [9.17, 15) is 9.59 Å². The van der Waals surface area contributed by atoms with Gasteiger partial charge < -0.3 is 14.5 Å². The van der Waals surface area contributed by atoms with Gasteiger partial charge in [-0.3, -0.25) is 9.48 Å². The molecule has 4 bridgehead atoms. The van der Waals surface area contributed by atoms with Crippen molar-refractivity contribution in [2.24, 2.45) is 17.3 Å². The van der Waals surface area contributed by atoms with Crippen LogP contribution in [0.25, 0.3) is 0 Å². The lowest BCUT2D eigenvalue weighted by Gasteiger charge is -2.59. The van der Waals surface area contributed by atoms with Crippen LogP contribution in [0, 0.1) is 17.3 Å². The van der Waals surface area contributed by atoms with E-state index in [-0.39, 0.29) is 21.4 Å². The van der Waals surface area contributed by atoms with Crippen LogP contribution in [0.4, 0.5) is 5.69 Å². The average molecular weight is 462 g/mol. The first kappa shape index (κ1) is 18.9. The highest BCUT2D eigenvalue weighted by Crippen LogP contribution is 2.64. The number of hydrogen-bond acceptors (Lipinski definition) is 5. The maximum Gasteiger partial charge on any atom is 0.373 e. The van der Waals surface area contributed by atoms with Crippen LogP contribution in [0.3, 0.4) is 0 Å². The van der Waals surface area contributed by atoms with Crippen LogP contribution in [0.5, 0.6) is 0 Å². The highest BCUT2D eigenvalue weighted by Gasteiger charge is 2.59. The lowest BCUT2D eigenvalue weighted by molar-refractivity contribution is -0.138. The Balaban J connectivity index is 1.26. The first-order valence-corrected chi connectivity index (χ1v) is 10.9. The Bertz CT molecular complexity index is 951. The monoisotopic (exact) mass is 461 g/mol. The number of hydrogen-bond donors (Lipinski definition) is 1. The van der Waals surface area contributed by atoms with Gasteiger partial charge in [0.25, 0.3) is 0 Å². The summed E-state index contributed by atoms with van der Waals surface area (Å²) in [5, 5.41) is 7.42. The number of nitrogens with zero attached hydrogens (tertiary/aromatic N) is 2. The fourth-order valence-electron chi connectivity index (χ4n) is 6.03. The Hall–Kier alpha value is -2.09. The Kier molecular flexibility index (Phi) is 4.38. The minimum atomic E-state index is -0.509. The number of alkyl halides is 1. The predicted octanol–water partition coefficient (Wildman–Crippen LogP) is 3.98. The molecule has 1 amide bonds. The molecule has 1 N–H and O–H groups in total. The molecule has 0 aliphatic heterocycles. The molecular weight excluding hydrogens is 438 g/mol. The van der Waals surface area contributed by atoms with Gasteiger partial charge in [0.1, 0.15) is 5.76 Å². The number of furan rings is 1. The smallest absolute Gasteiger partial charge is 0.373 e. The molecule has 4 aliphatic rings. The number of carbonyl (C=O) groups is 2. The maximum atomic E-state index is 13.2. The number of rotatable bonds is 5. The summed E-state index contributed by atoms with van der Waals surface area (Å²) in [5.74, 6) is 1.69. The van der Waals surface area contributed by atoms with Gasteiger partial charge in [-0.15, -0.1) is 0 Å². The molecular formula is C21H24BrN3O4. The zero-order valence-corrected chi connectivity index (χ0v) is 17.9. The van der Waals surface area contributed by atoms with Crippen molar-refractivity contribution in [1.82, 2.24) is 9.78 Å². The molecule has 6 rings (SSSR count). The van der Waals surface area contributed by atoms with Crippen molar-refractivity contribution in [2.75, 3.05) is 12.4 Å². The Morgan fingerprint density at radius 2 is 2.07 bits per heavy atom. The van der Waals surface area contributed by atoms with E-state index < -0.39 is 5.97 Å². The van der Waals surface area contributed by atoms with Crippen LogP contribution in [0.2, 0.25) is 0 Å². The number of esters is 1. The minimum Gasteiger partial charge on any atom is -0.463 e. The van der Waals surface area contributed by atoms with Gasteiger partial charge in [0.05, 0.1) is 31.0 Å². The van der Waals surface area contributed by atoms with Crippen molar-refractivity contribution in [1.29, 1.82) is 0 Å². The van der Waals surface area contributed by atoms with Crippen molar-refractivity contribution < 1.29 is 18.7 Å². The average Bonchev–Trinajstić information content (AvgIpc) is 3.29. The van der Waals surface area contributed by atoms with E-state index in [0.717, 1.165) is 19.3 Å². The van der Waals surface area contributed by atoms with E-state index in [1.54, 1.807) is 29.2 Å². The number of methoxy groups -OCH3 is 1. The van der Waals surface area contributed by atoms with Gasteiger partial charge in [0.15, 0.2) is 0 Å². The van der Waals surface area contributed by atoms with E-state index >= 15 is 0 Å². The summed E-state index contributed by atoms with van der Waals surface area (Å²) >= 11 is 3.96. The van der Waals surface area contributed by atoms with Crippen molar-refractivity contribution in [3.05, 3.63) is 36.0 Å². The molecule has 2 aromatic heterocycles. The molecule has 4 aliphatic carbocycles. The van der Waals surface area contributed by atoms with Crippen LogP contribution in [-0.2, 0) is 16.1 Å². The summed E-state index contributed by atoms with van der Waals surface area (Å²) in [6, 6.07) is 3.30. The molecule has 2 aromatic rings. The van der Waals surface area contributed by atoms with Crippen molar-refractivity contribution in [2.45, 2.75) is 49.4 Å². The highest BCUT2D eigenvalue weighted by molar-refractivity contribution is 9.10. The van der Waals surface area contributed by atoms with E-state index in [1.165, 1.54) is 26.4 Å². The predicted molar refractivity (Wildman–Crippen MR) is 109 cm³/mol. The Labute approximate surface area is 177 Å². The van der Waals surface area contributed by atoms with Gasteiger partial charge in [0.2, 0.25) is 11.7 Å². The molecule has 4 saturated carbocycles. The van der Waals surface area contributed by atoms with Crippen molar-refractivity contribution >= 4 is 33.5 Å². The highest BCUT2D eigenvalue weighted by atomic mass is 79.9. The van der Waals surface area contributed by atoms with Gasteiger partial charge in [-0.1, -0.05) is 15.9 Å². The van der Waals surface area contributed by atoms with E-state index in [4.69, 9.17) is 4.42 Å². The maximum absolute atomic E-state index is 13.2. The third kappa shape index (κ3) is 3.41. The molecule has 0 spiro atoms. The molecule has 4 atom stereocenters. The number of amides is 1. The third-order valence-corrected chi connectivity index (χ3v) is 7.66. The topological polar surface area (TPSA) is 86.4 Å². The van der Waals surface area contributed by atoms with Crippen LogP contribution in [-0.4, -0.2) is 33.1 Å². The number of aromatic nitrogens is 2. The van der Waals surface area contributed by atoms with E-state index in [2.05, 4.69) is 31.1 Å². The summed E-state index contributed by atoms with van der Waals surface area (Å²) < 4.78 is 12.0. The largest absolute Gasteiger partial charge is 0.463 e. The second-order valence-corrected chi connectivity index (χ2v) is 10.7. The lowest BCUT2D eigenvalue weighted by atomic mass is 9.49. The zero-order chi connectivity index (χ0) is 20.2. The summed E-state index contributed by atoms with van der Waals surface area (Å²) in [6.45, 7) is 0.368. The summed E-state index contributed by atoms with van der Waals surface area (Å²) in [6.07, 6.45) is 10.1. The van der Waals surface area contributed by atoms with Gasteiger partial charge in [-0.2, -0.15) is 5.10 Å². The molecule has 7 nitrogen and oxygen atoms in total. The van der Waals surface area contributed by atoms with Crippen LogP contribution in [0.15, 0.2) is 28.9 Å². The van der Waals surface area contributed by atoms with E-state index in [0.29, 0.717) is 29.8 Å². The van der Waals surface area contributed by atoms with Crippen LogP contribution in [0.1, 0.15) is 54.8 Å². The minimum absolute atomic E-state index is 0.126.